The van der Waals surface area contributed by atoms with Crippen LogP contribution in [0.15, 0.2) is 0 Å². The van der Waals surface area contributed by atoms with Crippen LogP contribution in [0.1, 0.15) is 32.6 Å². The van der Waals surface area contributed by atoms with Crippen molar-refractivity contribution in [2.24, 2.45) is 0 Å². The van der Waals surface area contributed by atoms with E-state index < -0.39 is 0 Å². The molecule has 0 atom stereocenters. The molecule has 1 aliphatic heterocycles. The van der Waals surface area contributed by atoms with Crippen molar-refractivity contribution in [3.05, 3.63) is 0 Å². The number of carbonyl (C=O) groups excluding carboxylic acids is 1. The number of hydrogen-bond acceptors (Lipinski definition) is 3. The second-order valence-electron chi connectivity index (χ2n) is 4.69. The highest BCUT2D eigenvalue weighted by atomic mass is 16.5. The van der Waals surface area contributed by atoms with Crippen molar-refractivity contribution in [2.75, 3.05) is 26.2 Å². The molecule has 0 aromatic rings. The predicted octanol–water partition coefficient (Wildman–Crippen LogP) is 0.766. The average molecular weight is 226 g/mol. The Morgan fingerprint density at radius 1 is 1.31 bits per heavy atom. The zero-order valence-corrected chi connectivity index (χ0v) is 10.1. The van der Waals surface area contributed by atoms with E-state index in [-0.39, 0.29) is 5.91 Å². The van der Waals surface area contributed by atoms with E-state index in [0.29, 0.717) is 18.7 Å². The molecule has 92 valence electrons. The second-order valence-corrected chi connectivity index (χ2v) is 4.69. The van der Waals surface area contributed by atoms with E-state index in [1.165, 1.54) is 12.8 Å². The molecule has 1 saturated heterocycles. The smallest absolute Gasteiger partial charge is 0.236 e. The molecule has 0 aromatic carbocycles. The third kappa shape index (κ3) is 3.46. The van der Waals surface area contributed by atoms with Gasteiger partial charge in [0.15, 0.2) is 0 Å². The summed E-state index contributed by atoms with van der Waals surface area (Å²) in [6.07, 6.45) is 4.82. The summed E-state index contributed by atoms with van der Waals surface area (Å²) in [5, 5.41) is 3.27. The van der Waals surface area contributed by atoms with Crippen molar-refractivity contribution >= 4 is 5.91 Å². The number of piperidine rings is 1. The summed E-state index contributed by atoms with van der Waals surface area (Å²) in [6.45, 7) is 5.04. The van der Waals surface area contributed by atoms with Gasteiger partial charge in [-0.05, 0) is 32.6 Å². The maximum atomic E-state index is 11.8. The molecule has 16 heavy (non-hydrogen) atoms. The van der Waals surface area contributed by atoms with Gasteiger partial charge in [0.05, 0.1) is 12.6 Å². The quantitative estimate of drug-likeness (QED) is 0.752. The zero-order chi connectivity index (χ0) is 11.4. The largest absolute Gasteiger partial charge is 0.378 e. The molecule has 2 fully saturated rings. The molecule has 1 aliphatic carbocycles. The standard InChI is InChI=1S/C12H22N2O2/c1-2-16-11-5-7-14(8-6-11)12(15)9-13-10-3-4-10/h10-11,13H,2-9H2,1H3. The summed E-state index contributed by atoms with van der Waals surface area (Å²) in [4.78, 5) is 13.8. The SMILES string of the molecule is CCOC1CCN(C(=O)CNC2CC2)CC1. The van der Waals surface area contributed by atoms with E-state index in [4.69, 9.17) is 4.74 Å². The first-order chi connectivity index (χ1) is 7.79. The fourth-order valence-corrected chi connectivity index (χ4v) is 2.14. The minimum absolute atomic E-state index is 0.252. The van der Waals surface area contributed by atoms with Crippen molar-refractivity contribution in [2.45, 2.75) is 44.8 Å². The van der Waals surface area contributed by atoms with Gasteiger partial charge in [0, 0.05) is 25.7 Å². The number of amides is 1. The first-order valence-electron chi connectivity index (χ1n) is 6.42. The van der Waals surface area contributed by atoms with Gasteiger partial charge < -0.3 is 15.0 Å². The van der Waals surface area contributed by atoms with Gasteiger partial charge in [0.25, 0.3) is 0 Å². The highest BCUT2D eigenvalue weighted by molar-refractivity contribution is 5.78. The third-order valence-electron chi connectivity index (χ3n) is 3.32. The normalized spacial score (nSPS) is 22.4. The molecule has 1 saturated carbocycles. The lowest BCUT2D eigenvalue weighted by atomic mass is 10.1. The lowest BCUT2D eigenvalue weighted by Gasteiger charge is -2.31. The monoisotopic (exact) mass is 226 g/mol. The number of carbonyl (C=O) groups is 1. The van der Waals surface area contributed by atoms with Crippen LogP contribution < -0.4 is 5.32 Å². The first-order valence-corrected chi connectivity index (χ1v) is 6.42. The van der Waals surface area contributed by atoms with Gasteiger partial charge in [-0.15, -0.1) is 0 Å². The van der Waals surface area contributed by atoms with Crippen LogP contribution in [0.4, 0.5) is 0 Å². The van der Waals surface area contributed by atoms with E-state index in [1.54, 1.807) is 0 Å². The van der Waals surface area contributed by atoms with Crippen molar-refractivity contribution in [1.29, 1.82) is 0 Å². The molecule has 0 bridgehead atoms. The van der Waals surface area contributed by atoms with Crippen LogP contribution in [0.3, 0.4) is 0 Å². The summed E-state index contributed by atoms with van der Waals surface area (Å²) in [5.74, 6) is 0.252. The second kappa shape index (κ2) is 5.64. The van der Waals surface area contributed by atoms with Gasteiger partial charge in [0.2, 0.25) is 5.91 Å². The maximum absolute atomic E-state index is 11.8. The van der Waals surface area contributed by atoms with Crippen LogP contribution in [0.5, 0.6) is 0 Å². The molecule has 0 aromatic heterocycles. The molecule has 1 amide bonds. The molecule has 1 heterocycles. The predicted molar refractivity (Wildman–Crippen MR) is 62.3 cm³/mol. The summed E-state index contributed by atoms with van der Waals surface area (Å²) >= 11 is 0. The van der Waals surface area contributed by atoms with Gasteiger partial charge in [-0.25, -0.2) is 0 Å². The van der Waals surface area contributed by atoms with Gasteiger partial charge in [0.1, 0.15) is 0 Å². The number of nitrogens with zero attached hydrogens (tertiary/aromatic N) is 1. The van der Waals surface area contributed by atoms with E-state index in [0.717, 1.165) is 32.5 Å². The van der Waals surface area contributed by atoms with Gasteiger partial charge >= 0.3 is 0 Å². The fraction of sp³-hybridized carbons (Fsp3) is 0.917. The number of rotatable bonds is 5. The Labute approximate surface area is 97.3 Å². The summed E-state index contributed by atoms with van der Waals surface area (Å²) in [5.41, 5.74) is 0. The molecule has 1 N–H and O–H groups in total. The van der Waals surface area contributed by atoms with Crippen molar-refractivity contribution in [3.63, 3.8) is 0 Å². The van der Waals surface area contributed by atoms with Gasteiger partial charge in [-0.1, -0.05) is 0 Å². The molecule has 4 heteroatoms. The number of nitrogens with one attached hydrogen (secondary N) is 1. The van der Waals surface area contributed by atoms with Crippen molar-refractivity contribution in [1.82, 2.24) is 10.2 Å². The van der Waals surface area contributed by atoms with Crippen molar-refractivity contribution < 1.29 is 9.53 Å². The highest BCUT2D eigenvalue weighted by Crippen LogP contribution is 2.18. The van der Waals surface area contributed by atoms with Crippen LogP contribution in [0.2, 0.25) is 0 Å². The van der Waals surface area contributed by atoms with Crippen LogP contribution >= 0.6 is 0 Å². The van der Waals surface area contributed by atoms with Crippen LogP contribution in [0, 0.1) is 0 Å². The summed E-state index contributed by atoms with van der Waals surface area (Å²) in [7, 11) is 0. The van der Waals surface area contributed by atoms with E-state index in [9.17, 15) is 4.79 Å². The molecule has 4 nitrogen and oxygen atoms in total. The molecule has 0 spiro atoms. The van der Waals surface area contributed by atoms with E-state index in [2.05, 4.69) is 5.32 Å². The van der Waals surface area contributed by atoms with Gasteiger partial charge in [-0.2, -0.15) is 0 Å². The Kier molecular flexibility index (Phi) is 4.18. The van der Waals surface area contributed by atoms with Crippen LogP contribution in [0.25, 0.3) is 0 Å². The Hall–Kier alpha value is -0.610. The zero-order valence-electron chi connectivity index (χ0n) is 10.1. The lowest BCUT2D eigenvalue weighted by molar-refractivity contribution is -0.132. The average Bonchev–Trinajstić information content (AvgIpc) is 3.11. The first kappa shape index (κ1) is 11.9. The van der Waals surface area contributed by atoms with Crippen LogP contribution in [-0.4, -0.2) is 49.2 Å². The van der Waals surface area contributed by atoms with Crippen LogP contribution in [-0.2, 0) is 9.53 Å². The maximum Gasteiger partial charge on any atom is 0.236 e. The minimum Gasteiger partial charge on any atom is -0.378 e. The lowest BCUT2D eigenvalue weighted by Crippen LogP contribution is -2.44. The fourth-order valence-electron chi connectivity index (χ4n) is 2.14. The Balaban J connectivity index is 1.64. The minimum atomic E-state index is 0.252. The molecular weight excluding hydrogens is 204 g/mol. The topological polar surface area (TPSA) is 41.6 Å². The van der Waals surface area contributed by atoms with Gasteiger partial charge in [-0.3, -0.25) is 4.79 Å². The number of likely N-dealkylation sites (tertiary alicyclic amines) is 1. The summed E-state index contributed by atoms with van der Waals surface area (Å²) in [6, 6.07) is 0.616. The molecule has 0 unspecified atom stereocenters. The Bertz CT molecular complexity index is 233. The molecule has 2 aliphatic rings. The number of hydrogen-bond donors (Lipinski definition) is 1. The van der Waals surface area contributed by atoms with E-state index >= 15 is 0 Å². The molecule has 2 rings (SSSR count). The Morgan fingerprint density at radius 3 is 2.56 bits per heavy atom. The Morgan fingerprint density at radius 2 is 2.00 bits per heavy atom. The third-order valence-corrected chi connectivity index (χ3v) is 3.32. The van der Waals surface area contributed by atoms with E-state index in [1.807, 2.05) is 11.8 Å². The summed E-state index contributed by atoms with van der Waals surface area (Å²) < 4.78 is 5.57. The highest BCUT2D eigenvalue weighted by Gasteiger charge is 2.25. The molecular formula is C12H22N2O2. The van der Waals surface area contributed by atoms with Crippen molar-refractivity contribution in [3.8, 4) is 0 Å². The molecule has 0 radical (unpaired) electrons. The number of ether oxygens (including phenoxy) is 1.